The lowest BCUT2D eigenvalue weighted by Gasteiger charge is -2.37. The summed E-state index contributed by atoms with van der Waals surface area (Å²) in [5.41, 5.74) is 2.90. The van der Waals surface area contributed by atoms with Gasteiger partial charge in [-0.2, -0.15) is 5.10 Å². The van der Waals surface area contributed by atoms with Gasteiger partial charge in [0.2, 0.25) is 0 Å². The molecule has 3 atom stereocenters. The molecule has 0 spiro atoms. The Bertz CT molecular complexity index is 1490. The highest BCUT2D eigenvalue weighted by molar-refractivity contribution is 7.20. The van der Waals surface area contributed by atoms with Gasteiger partial charge >= 0.3 is 0 Å². The van der Waals surface area contributed by atoms with E-state index in [1.54, 1.807) is 24.0 Å². The van der Waals surface area contributed by atoms with Crippen LogP contribution in [0, 0.1) is 11.7 Å². The van der Waals surface area contributed by atoms with Crippen LogP contribution in [0.2, 0.25) is 0 Å². The lowest BCUT2D eigenvalue weighted by atomic mass is 10.1. The van der Waals surface area contributed by atoms with E-state index in [-0.39, 0.29) is 11.4 Å². The molecule has 1 unspecified atom stereocenters. The van der Waals surface area contributed by atoms with Gasteiger partial charge in [0, 0.05) is 62.0 Å². The summed E-state index contributed by atoms with van der Waals surface area (Å²) in [7, 11) is 1.74. The van der Waals surface area contributed by atoms with Gasteiger partial charge in [-0.15, -0.1) is 0 Å². The number of nitrogens with one attached hydrogen (secondary N) is 3. The minimum atomic E-state index is -0.476. The minimum absolute atomic E-state index is 0.276. The second-order valence-electron chi connectivity index (χ2n) is 10.5. The number of hydrogen-bond donors (Lipinski definition) is 3. The molecule has 2 aromatic heterocycles. The number of amides is 1. The zero-order chi connectivity index (χ0) is 26.4. The van der Waals surface area contributed by atoms with E-state index in [9.17, 15) is 9.18 Å². The van der Waals surface area contributed by atoms with Crippen molar-refractivity contribution in [1.82, 2.24) is 25.4 Å². The molecule has 38 heavy (non-hydrogen) atoms. The second-order valence-corrected chi connectivity index (χ2v) is 11.4. The topological polar surface area (TPSA) is 96.3 Å². The summed E-state index contributed by atoms with van der Waals surface area (Å²) in [6.07, 6.45) is 2.81. The molecule has 200 valence electrons. The van der Waals surface area contributed by atoms with Gasteiger partial charge in [0.25, 0.3) is 11.1 Å². The van der Waals surface area contributed by atoms with E-state index < -0.39 is 5.82 Å². The number of benzene rings is 2. The summed E-state index contributed by atoms with van der Waals surface area (Å²) in [6, 6.07) is 7.51. The molecule has 0 saturated carbocycles. The number of carbonyl (C=O) groups is 1. The average Bonchev–Trinajstić information content (AvgIpc) is 3.61. The van der Waals surface area contributed by atoms with Gasteiger partial charge < -0.3 is 25.6 Å². The summed E-state index contributed by atoms with van der Waals surface area (Å²) < 4.78 is 23.1. The first-order valence-electron chi connectivity index (χ1n) is 13.1. The van der Waals surface area contributed by atoms with Gasteiger partial charge in [0.1, 0.15) is 11.0 Å². The maximum absolute atomic E-state index is 14.6. The Balaban J connectivity index is 1.34. The fourth-order valence-corrected chi connectivity index (χ4v) is 6.48. The van der Waals surface area contributed by atoms with Crippen molar-refractivity contribution >= 4 is 49.7 Å². The number of carbonyl (C=O) groups excluding carboxylic acids is 1. The van der Waals surface area contributed by atoms with Gasteiger partial charge in [-0.1, -0.05) is 11.3 Å². The van der Waals surface area contributed by atoms with Gasteiger partial charge in [0.05, 0.1) is 22.6 Å². The minimum Gasteiger partial charge on any atom is -0.470 e. The third kappa shape index (κ3) is 4.93. The van der Waals surface area contributed by atoms with E-state index in [1.807, 2.05) is 12.1 Å². The number of halogens is 1. The number of nitrogens with zero attached hydrogens (tertiary/aromatic N) is 4. The lowest BCUT2D eigenvalue weighted by molar-refractivity contribution is 0.102. The van der Waals surface area contributed by atoms with Gasteiger partial charge in [-0.25, -0.2) is 9.37 Å². The molecule has 2 aliphatic rings. The molecule has 0 radical (unpaired) electrons. The monoisotopic (exact) mass is 537 g/mol. The van der Waals surface area contributed by atoms with Crippen LogP contribution in [0.3, 0.4) is 0 Å². The molecule has 4 aromatic rings. The Morgan fingerprint density at radius 3 is 2.82 bits per heavy atom. The first kappa shape index (κ1) is 25.0. The van der Waals surface area contributed by atoms with Crippen LogP contribution in [0.1, 0.15) is 30.6 Å². The SMILES string of the molecule is C[C@H]1CN(c2ccc(C(=O)Nc3cc(F)c4nn(C)cc4c3)c3sc(OCC4CCNC4)nc23)C[C@H](C)N1. The number of anilines is 2. The van der Waals surface area contributed by atoms with Gasteiger partial charge in [-0.3, -0.25) is 9.48 Å². The molecule has 3 N–H and O–H groups in total. The van der Waals surface area contributed by atoms with E-state index in [0.717, 1.165) is 48.5 Å². The molecule has 0 aliphatic carbocycles. The van der Waals surface area contributed by atoms with E-state index >= 15 is 0 Å². The molecule has 6 rings (SSSR count). The van der Waals surface area contributed by atoms with Crippen LogP contribution in [-0.2, 0) is 7.05 Å². The summed E-state index contributed by atoms with van der Waals surface area (Å²) in [5, 5.41) is 15.1. The fraction of sp³-hybridized carbons (Fsp3) is 0.444. The number of ether oxygens (including phenoxy) is 1. The van der Waals surface area contributed by atoms with Crippen LogP contribution >= 0.6 is 11.3 Å². The molecular formula is C27H32FN7O2S. The molecule has 1 amide bonds. The molecule has 11 heteroatoms. The summed E-state index contributed by atoms with van der Waals surface area (Å²) in [5.74, 6) is -0.339. The van der Waals surface area contributed by atoms with E-state index in [0.29, 0.717) is 46.4 Å². The number of aromatic nitrogens is 3. The van der Waals surface area contributed by atoms with Gasteiger partial charge in [0.15, 0.2) is 5.82 Å². The molecule has 2 aliphatic heterocycles. The number of hydrogen-bond acceptors (Lipinski definition) is 8. The quantitative estimate of drug-likeness (QED) is 0.345. The summed E-state index contributed by atoms with van der Waals surface area (Å²) >= 11 is 1.39. The third-order valence-electron chi connectivity index (χ3n) is 7.18. The Morgan fingerprint density at radius 2 is 2.05 bits per heavy atom. The number of thiazole rings is 1. The van der Waals surface area contributed by atoms with E-state index in [2.05, 4.69) is 39.8 Å². The van der Waals surface area contributed by atoms with Crippen molar-refractivity contribution in [2.75, 3.05) is 43.0 Å². The standard InChI is InChI=1S/C27H32FN7O2S/c1-15-11-35(12-16(2)30-15)22-5-4-20(25-24(22)32-27(38-25)37-14-17-6-7-29-10-17)26(36)31-19-8-18-13-34(3)33-23(18)21(28)9-19/h4-5,8-9,13,15-17,29-30H,6-7,10-12,14H2,1-3H3,(H,31,36)/t15-,16-,17?/m0/s1. The first-order chi connectivity index (χ1) is 18.3. The average molecular weight is 538 g/mol. The third-order valence-corrected chi connectivity index (χ3v) is 8.19. The number of aryl methyl sites for hydroxylation is 1. The predicted octanol–water partition coefficient (Wildman–Crippen LogP) is 3.75. The van der Waals surface area contributed by atoms with E-state index in [1.165, 1.54) is 17.4 Å². The van der Waals surface area contributed by atoms with Crippen molar-refractivity contribution in [3.8, 4) is 5.19 Å². The molecule has 4 heterocycles. The molecule has 9 nitrogen and oxygen atoms in total. The van der Waals surface area contributed by atoms with Crippen molar-refractivity contribution in [3.63, 3.8) is 0 Å². The molecule has 2 saturated heterocycles. The van der Waals surface area contributed by atoms with Crippen molar-refractivity contribution < 1.29 is 13.9 Å². The number of fused-ring (bicyclic) bond motifs is 2. The van der Waals surface area contributed by atoms with E-state index in [4.69, 9.17) is 9.72 Å². The Kier molecular flexibility index (Phi) is 6.67. The van der Waals surface area contributed by atoms with Crippen LogP contribution in [0.15, 0.2) is 30.5 Å². The number of piperazine rings is 1. The Morgan fingerprint density at radius 1 is 1.24 bits per heavy atom. The largest absolute Gasteiger partial charge is 0.470 e. The van der Waals surface area contributed by atoms with Crippen LogP contribution in [-0.4, -0.2) is 65.5 Å². The fourth-order valence-electron chi connectivity index (χ4n) is 5.52. The summed E-state index contributed by atoms with van der Waals surface area (Å²) in [6.45, 7) is 8.57. The van der Waals surface area contributed by atoms with Crippen LogP contribution in [0.5, 0.6) is 5.19 Å². The van der Waals surface area contributed by atoms with Gasteiger partial charge in [-0.05, 0) is 51.1 Å². The van der Waals surface area contributed by atoms with Crippen LogP contribution < -0.4 is 25.6 Å². The second kappa shape index (κ2) is 10.1. The Hall–Kier alpha value is -3.28. The lowest BCUT2D eigenvalue weighted by Crippen LogP contribution is -2.54. The Labute approximate surface area is 224 Å². The van der Waals surface area contributed by atoms with Crippen molar-refractivity contribution in [2.45, 2.75) is 32.4 Å². The highest BCUT2D eigenvalue weighted by Crippen LogP contribution is 2.38. The first-order valence-corrected chi connectivity index (χ1v) is 13.9. The maximum Gasteiger partial charge on any atom is 0.274 e. The van der Waals surface area contributed by atoms with Crippen molar-refractivity contribution in [2.24, 2.45) is 13.0 Å². The van der Waals surface area contributed by atoms with Crippen LogP contribution in [0.25, 0.3) is 21.1 Å². The van der Waals surface area contributed by atoms with Crippen molar-refractivity contribution in [1.29, 1.82) is 0 Å². The smallest absolute Gasteiger partial charge is 0.274 e. The number of rotatable bonds is 6. The highest BCUT2D eigenvalue weighted by Gasteiger charge is 2.26. The molecule has 2 fully saturated rings. The summed E-state index contributed by atoms with van der Waals surface area (Å²) in [4.78, 5) is 20.7. The zero-order valence-electron chi connectivity index (χ0n) is 21.8. The normalized spacial score (nSPS) is 21.9. The van der Waals surface area contributed by atoms with Crippen molar-refractivity contribution in [3.05, 3.63) is 41.8 Å². The molecule has 0 bridgehead atoms. The molecular weight excluding hydrogens is 505 g/mol. The molecule has 2 aromatic carbocycles. The zero-order valence-corrected chi connectivity index (χ0v) is 22.6. The maximum atomic E-state index is 14.6. The predicted molar refractivity (Wildman–Crippen MR) is 149 cm³/mol. The van der Waals surface area contributed by atoms with Crippen LogP contribution in [0.4, 0.5) is 15.8 Å². The highest BCUT2D eigenvalue weighted by atomic mass is 32.1.